The van der Waals surface area contributed by atoms with Crippen molar-refractivity contribution in [2.45, 2.75) is 37.7 Å². The van der Waals surface area contributed by atoms with Gasteiger partial charge in [-0.15, -0.1) is 0 Å². The van der Waals surface area contributed by atoms with Crippen molar-refractivity contribution in [2.24, 2.45) is 5.84 Å². The van der Waals surface area contributed by atoms with Crippen molar-refractivity contribution in [1.82, 2.24) is 5.43 Å². The number of nitrogens with one attached hydrogen (secondary N) is 1. The van der Waals surface area contributed by atoms with Crippen molar-refractivity contribution in [1.29, 1.82) is 0 Å². The zero-order chi connectivity index (χ0) is 14.5. The number of halogens is 3. The van der Waals surface area contributed by atoms with E-state index in [2.05, 4.69) is 19.3 Å². The highest BCUT2D eigenvalue weighted by atomic mass is 32.2. The molecule has 0 radical (unpaired) electrons. The van der Waals surface area contributed by atoms with Crippen molar-refractivity contribution in [3.05, 3.63) is 35.4 Å². The largest absolute Gasteiger partial charge is 0.416 e. The highest BCUT2D eigenvalue weighted by Crippen LogP contribution is 2.29. The number of alkyl halides is 3. The molecule has 1 rings (SSSR count). The van der Waals surface area contributed by atoms with E-state index < -0.39 is 11.7 Å². The van der Waals surface area contributed by atoms with Gasteiger partial charge in [0, 0.05) is 11.8 Å². The molecule has 1 atom stereocenters. The molecule has 0 saturated carbocycles. The fraction of sp³-hybridized carbons (Fsp3) is 0.538. The summed E-state index contributed by atoms with van der Waals surface area (Å²) >= 11 is 1.77. The Morgan fingerprint density at radius 3 is 2.21 bits per heavy atom. The Bertz CT molecular complexity index is 376. The molecule has 2 nitrogen and oxygen atoms in total. The van der Waals surface area contributed by atoms with Crippen molar-refractivity contribution >= 4 is 11.8 Å². The summed E-state index contributed by atoms with van der Waals surface area (Å²) < 4.78 is 37.3. The van der Waals surface area contributed by atoms with Gasteiger partial charge in [-0.2, -0.15) is 24.9 Å². The molecular formula is C13H19F3N2S. The Kier molecular flexibility index (Phi) is 6.16. The summed E-state index contributed by atoms with van der Waals surface area (Å²) in [7, 11) is 0. The van der Waals surface area contributed by atoms with Gasteiger partial charge in [-0.25, -0.2) is 0 Å². The second-order valence-corrected chi connectivity index (χ2v) is 6.25. The predicted molar refractivity (Wildman–Crippen MR) is 73.9 cm³/mol. The first-order valence-electron chi connectivity index (χ1n) is 6.06. The third-order valence-electron chi connectivity index (χ3n) is 2.63. The van der Waals surface area contributed by atoms with E-state index in [4.69, 9.17) is 5.84 Å². The number of nitrogens with two attached hydrogens (primary N) is 1. The van der Waals surface area contributed by atoms with Crippen LogP contribution in [-0.4, -0.2) is 17.0 Å². The van der Waals surface area contributed by atoms with E-state index in [1.807, 2.05) is 0 Å². The lowest BCUT2D eigenvalue weighted by atomic mass is 10.1. The third kappa shape index (κ3) is 5.84. The van der Waals surface area contributed by atoms with Crippen LogP contribution in [0.15, 0.2) is 24.3 Å². The Balaban J connectivity index is 2.60. The van der Waals surface area contributed by atoms with Gasteiger partial charge in [0.1, 0.15) is 0 Å². The molecule has 0 aliphatic carbocycles. The van der Waals surface area contributed by atoms with E-state index in [9.17, 15) is 13.2 Å². The molecule has 0 amide bonds. The molecule has 1 aromatic carbocycles. The minimum Gasteiger partial charge on any atom is -0.271 e. The molecule has 0 aromatic heterocycles. The smallest absolute Gasteiger partial charge is 0.271 e. The zero-order valence-corrected chi connectivity index (χ0v) is 11.8. The van der Waals surface area contributed by atoms with Crippen molar-refractivity contribution in [3.8, 4) is 0 Å². The lowest BCUT2D eigenvalue weighted by molar-refractivity contribution is -0.137. The molecule has 0 saturated heterocycles. The topological polar surface area (TPSA) is 38.0 Å². The first-order valence-corrected chi connectivity index (χ1v) is 7.11. The van der Waals surface area contributed by atoms with Crippen LogP contribution in [0.25, 0.3) is 0 Å². The van der Waals surface area contributed by atoms with Crippen LogP contribution in [0, 0.1) is 0 Å². The number of hydrogen-bond acceptors (Lipinski definition) is 3. The molecule has 0 aliphatic heterocycles. The SMILES string of the molecule is CC(C)SCC(Cc1ccc(C(F)(F)F)cc1)NN. The van der Waals surface area contributed by atoms with Crippen LogP contribution >= 0.6 is 11.8 Å². The van der Waals surface area contributed by atoms with Gasteiger partial charge in [-0.3, -0.25) is 11.3 Å². The lowest BCUT2D eigenvalue weighted by Crippen LogP contribution is -2.39. The number of benzene rings is 1. The van der Waals surface area contributed by atoms with Gasteiger partial charge < -0.3 is 0 Å². The molecular weight excluding hydrogens is 273 g/mol. The summed E-state index contributed by atoms with van der Waals surface area (Å²) in [4.78, 5) is 0. The summed E-state index contributed by atoms with van der Waals surface area (Å²) in [5.41, 5.74) is 2.93. The Morgan fingerprint density at radius 2 is 1.79 bits per heavy atom. The van der Waals surface area contributed by atoms with Crippen molar-refractivity contribution in [2.75, 3.05) is 5.75 Å². The number of hydrazine groups is 1. The van der Waals surface area contributed by atoms with Gasteiger partial charge in [0.2, 0.25) is 0 Å². The molecule has 0 bridgehead atoms. The zero-order valence-electron chi connectivity index (χ0n) is 11.0. The molecule has 0 heterocycles. The molecule has 19 heavy (non-hydrogen) atoms. The highest BCUT2D eigenvalue weighted by molar-refractivity contribution is 7.99. The maximum atomic E-state index is 12.4. The third-order valence-corrected chi connectivity index (χ3v) is 3.89. The first-order chi connectivity index (χ1) is 8.82. The van der Waals surface area contributed by atoms with E-state index in [1.165, 1.54) is 12.1 Å². The van der Waals surface area contributed by atoms with Gasteiger partial charge in [0.05, 0.1) is 5.56 Å². The second kappa shape index (κ2) is 7.17. The maximum Gasteiger partial charge on any atom is 0.416 e. The van der Waals surface area contributed by atoms with E-state index in [-0.39, 0.29) is 6.04 Å². The molecule has 0 aliphatic rings. The van der Waals surface area contributed by atoms with Crippen molar-refractivity contribution in [3.63, 3.8) is 0 Å². The number of thioether (sulfide) groups is 1. The molecule has 1 aromatic rings. The molecule has 0 fully saturated rings. The molecule has 0 spiro atoms. The highest BCUT2D eigenvalue weighted by Gasteiger charge is 2.29. The minimum atomic E-state index is -4.28. The quantitative estimate of drug-likeness (QED) is 0.624. The molecule has 6 heteroatoms. The summed E-state index contributed by atoms with van der Waals surface area (Å²) in [5.74, 6) is 6.29. The predicted octanol–water partition coefficient (Wildman–Crippen LogP) is 3.22. The molecule has 3 N–H and O–H groups in total. The van der Waals surface area contributed by atoms with Gasteiger partial charge in [-0.1, -0.05) is 26.0 Å². The van der Waals surface area contributed by atoms with E-state index in [0.717, 1.165) is 23.4 Å². The van der Waals surface area contributed by atoms with Crippen LogP contribution in [0.1, 0.15) is 25.0 Å². The van der Waals surface area contributed by atoms with Gasteiger partial charge in [0.25, 0.3) is 0 Å². The average molecular weight is 292 g/mol. The Hall–Kier alpha value is -0.720. The second-order valence-electron chi connectivity index (χ2n) is 4.64. The van der Waals surface area contributed by atoms with Crippen LogP contribution < -0.4 is 11.3 Å². The standard InChI is InChI=1S/C13H19F3N2S/c1-9(2)19-8-12(18-17)7-10-3-5-11(6-4-10)13(14,15)16/h3-6,9,12,18H,7-8,17H2,1-2H3. The van der Waals surface area contributed by atoms with Crippen LogP contribution in [0.3, 0.4) is 0 Å². The monoisotopic (exact) mass is 292 g/mol. The molecule has 108 valence electrons. The van der Waals surface area contributed by atoms with Crippen LogP contribution in [0.5, 0.6) is 0 Å². The van der Waals surface area contributed by atoms with Crippen LogP contribution in [0.2, 0.25) is 0 Å². The van der Waals surface area contributed by atoms with E-state index >= 15 is 0 Å². The normalized spacial score (nSPS) is 13.8. The summed E-state index contributed by atoms with van der Waals surface area (Å²) in [6.07, 6.45) is -3.66. The minimum absolute atomic E-state index is 0.0594. The lowest BCUT2D eigenvalue weighted by Gasteiger charge is -2.17. The molecule has 1 unspecified atom stereocenters. The maximum absolute atomic E-state index is 12.4. The summed E-state index contributed by atoms with van der Waals surface area (Å²) in [6, 6.07) is 5.29. The Labute approximate surface area is 115 Å². The van der Waals surface area contributed by atoms with Crippen LogP contribution in [-0.2, 0) is 12.6 Å². The van der Waals surface area contributed by atoms with Crippen molar-refractivity contribution < 1.29 is 13.2 Å². The van der Waals surface area contributed by atoms with E-state index in [1.54, 1.807) is 11.8 Å². The van der Waals surface area contributed by atoms with Gasteiger partial charge in [0.15, 0.2) is 0 Å². The summed E-state index contributed by atoms with van der Waals surface area (Å²) in [5, 5.41) is 0.503. The fourth-order valence-corrected chi connectivity index (χ4v) is 2.42. The number of rotatable bonds is 6. The first kappa shape index (κ1) is 16.3. The van der Waals surface area contributed by atoms with E-state index in [0.29, 0.717) is 11.7 Å². The Morgan fingerprint density at radius 1 is 1.21 bits per heavy atom. The van der Waals surface area contributed by atoms with Crippen LogP contribution in [0.4, 0.5) is 13.2 Å². The average Bonchev–Trinajstić information content (AvgIpc) is 2.33. The number of hydrogen-bond donors (Lipinski definition) is 2. The van der Waals surface area contributed by atoms with Gasteiger partial charge in [-0.05, 0) is 29.4 Å². The summed E-state index contributed by atoms with van der Waals surface area (Å²) in [6.45, 7) is 4.19. The fourth-order valence-electron chi connectivity index (χ4n) is 1.59. The van der Waals surface area contributed by atoms with Gasteiger partial charge >= 0.3 is 6.18 Å².